The highest BCUT2D eigenvalue weighted by Crippen LogP contribution is 2.10. The fourth-order valence-electron chi connectivity index (χ4n) is 2.77. The standard InChI is InChI=1S/C20H42N2/c1-2-3-4-5-6-7-8-9-10-11-12-13-14-15-16-17-18-20(22)19-21/h9-10,20H,2-8,11-19,21-22H2,1H3. The summed E-state index contributed by atoms with van der Waals surface area (Å²) in [5.41, 5.74) is 11.3. The van der Waals surface area contributed by atoms with E-state index in [-0.39, 0.29) is 6.04 Å². The maximum Gasteiger partial charge on any atom is 0.0163 e. The maximum atomic E-state index is 5.80. The van der Waals surface area contributed by atoms with Crippen LogP contribution in [0.25, 0.3) is 0 Å². The van der Waals surface area contributed by atoms with Crippen LogP contribution in [-0.4, -0.2) is 12.6 Å². The maximum absolute atomic E-state index is 5.80. The minimum absolute atomic E-state index is 0.219. The molecule has 22 heavy (non-hydrogen) atoms. The Kier molecular flexibility index (Phi) is 18.4. The van der Waals surface area contributed by atoms with Gasteiger partial charge in [-0.05, 0) is 32.1 Å². The van der Waals surface area contributed by atoms with Gasteiger partial charge in [0.2, 0.25) is 0 Å². The predicted octanol–water partition coefficient (Wildman–Crippen LogP) is 5.70. The van der Waals surface area contributed by atoms with Crippen LogP contribution in [0.1, 0.15) is 103 Å². The van der Waals surface area contributed by atoms with Crippen molar-refractivity contribution in [1.29, 1.82) is 0 Å². The molecule has 2 nitrogen and oxygen atoms in total. The molecule has 1 unspecified atom stereocenters. The van der Waals surface area contributed by atoms with Gasteiger partial charge in [0.1, 0.15) is 0 Å². The van der Waals surface area contributed by atoms with Crippen molar-refractivity contribution < 1.29 is 0 Å². The quantitative estimate of drug-likeness (QED) is 0.267. The summed E-state index contributed by atoms with van der Waals surface area (Å²) in [4.78, 5) is 0. The van der Waals surface area contributed by atoms with E-state index in [4.69, 9.17) is 11.5 Å². The van der Waals surface area contributed by atoms with Gasteiger partial charge in [0, 0.05) is 12.6 Å². The Balaban J connectivity index is 3.08. The van der Waals surface area contributed by atoms with E-state index in [2.05, 4.69) is 19.1 Å². The van der Waals surface area contributed by atoms with E-state index in [1.807, 2.05) is 0 Å². The Morgan fingerprint density at radius 3 is 1.64 bits per heavy atom. The molecule has 0 spiro atoms. The molecule has 0 radical (unpaired) electrons. The van der Waals surface area contributed by atoms with Crippen LogP contribution >= 0.6 is 0 Å². The first-order valence-corrected chi connectivity index (χ1v) is 9.92. The summed E-state index contributed by atoms with van der Waals surface area (Å²) in [5, 5.41) is 0. The zero-order valence-corrected chi connectivity index (χ0v) is 15.2. The Hall–Kier alpha value is -0.340. The molecule has 0 rings (SSSR count). The second-order valence-corrected chi connectivity index (χ2v) is 6.72. The largest absolute Gasteiger partial charge is 0.329 e. The molecule has 0 fully saturated rings. The van der Waals surface area contributed by atoms with Gasteiger partial charge >= 0.3 is 0 Å². The average molecular weight is 311 g/mol. The van der Waals surface area contributed by atoms with Crippen LogP contribution in [-0.2, 0) is 0 Å². The van der Waals surface area contributed by atoms with Crippen molar-refractivity contribution in [2.24, 2.45) is 11.5 Å². The highest BCUT2D eigenvalue weighted by Gasteiger charge is 1.98. The van der Waals surface area contributed by atoms with E-state index in [0.29, 0.717) is 6.54 Å². The summed E-state index contributed by atoms with van der Waals surface area (Å²) >= 11 is 0. The predicted molar refractivity (Wildman–Crippen MR) is 101 cm³/mol. The van der Waals surface area contributed by atoms with Gasteiger partial charge in [0.25, 0.3) is 0 Å². The molecule has 132 valence electrons. The fraction of sp³-hybridized carbons (Fsp3) is 0.900. The first-order chi connectivity index (χ1) is 10.8. The molecule has 0 aromatic carbocycles. The van der Waals surface area contributed by atoms with Gasteiger partial charge < -0.3 is 11.5 Å². The zero-order chi connectivity index (χ0) is 16.3. The van der Waals surface area contributed by atoms with E-state index >= 15 is 0 Å². The third-order valence-corrected chi connectivity index (χ3v) is 4.39. The number of rotatable bonds is 17. The summed E-state index contributed by atoms with van der Waals surface area (Å²) in [6, 6.07) is 0.219. The molecule has 0 saturated carbocycles. The van der Waals surface area contributed by atoms with E-state index in [1.54, 1.807) is 0 Å². The summed E-state index contributed by atoms with van der Waals surface area (Å²) in [5.74, 6) is 0. The second-order valence-electron chi connectivity index (χ2n) is 6.72. The molecule has 0 aliphatic heterocycles. The van der Waals surface area contributed by atoms with Crippen LogP contribution in [0.2, 0.25) is 0 Å². The molecule has 0 saturated heterocycles. The molecular formula is C20H42N2. The molecule has 0 aliphatic rings. The van der Waals surface area contributed by atoms with Crippen LogP contribution in [0.4, 0.5) is 0 Å². The number of unbranched alkanes of at least 4 members (excludes halogenated alkanes) is 12. The van der Waals surface area contributed by atoms with Gasteiger partial charge in [0.15, 0.2) is 0 Å². The zero-order valence-electron chi connectivity index (χ0n) is 15.2. The molecule has 0 aromatic heterocycles. The lowest BCUT2D eigenvalue weighted by atomic mass is 10.1. The monoisotopic (exact) mass is 310 g/mol. The Morgan fingerprint density at radius 2 is 1.14 bits per heavy atom. The molecule has 4 N–H and O–H groups in total. The van der Waals surface area contributed by atoms with Crippen LogP contribution in [0.3, 0.4) is 0 Å². The van der Waals surface area contributed by atoms with Gasteiger partial charge in [-0.2, -0.15) is 0 Å². The van der Waals surface area contributed by atoms with E-state index in [0.717, 1.165) is 6.42 Å². The van der Waals surface area contributed by atoms with Crippen molar-refractivity contribution in [3.05, 3.63) is 12.2 Å². The Bertz CT molecular complexity index is 226. The van der Waals surface area contributed by atoms with Crippen LogP contribution in [0.5, 0.6) is 0 Å². The topological polar surface area (TPSA) is 52.0 Å². The lowest BCUT2D eigenvalue weighted by molar-refractivity contribution is 0.536. The minimum atomic E-state index is 0.219. The fourth-order valence-corrected chi connectivity index (χ4v) is 2.77. The molecule has 2 heteroatoms. The molecule has 0 aliphatic carbocycles. The SMILES string of the molecule is CCCCCCCCC=CCCCCCCCCC(N)CN. The summed E-state index contributed by atoms with van der Waals surface area (Å²) < 4.78 is 0. The Morgan fingerprint density at radius 1 is 0.682 bits per heavy atom. The van der Waals surface area contributed by atoms with E-state index in [1.165, 1.54) is 89.9 Å². The Labute approximate surface area is 140 Å². The van der Waals surface area contributed by atoms with Gasteiger partial charge in [-0.15, -0.1) is 0 Å². The van der Waals surface area contributed by atoms with Gasteiger partial charge in [-0.25, -0.2) is 0 Å². The van der Waals surface area contributed by atoms with Crippen molar-refractivity contribution in [1.82, 2.24) is 0 Å². The first kappa shape index (κ1) is 21.7. The van der Waals surface area contributed by atoms with Gasteiger partial charge in [-0.3, -0.25) is 0 Å². The normalized spacial score (nSPS) is 13.0. The van der Waals surface area contributed by atoms with E-state index in [9.17, 15) is 0 Å². The number of hydrogen-bond acceptors (Lipinski definition) is 2. The number of nitrogens with two attached hydrogens (primary N) is 2. The minimum Gasteiger partial charge on any atom is -0.329 e. The molecule has 0 bridgehead atoms. The van der Waals surface area contributed by atoms with Crippen molar-refractivity contribution in [3.63, 3.8) is 0 Å². The lowest BCUT2D eigenvalue weighted by Crippen LogP contribution is -2.29. The highest BCUT2D eigenvalue weighted by molar-refractivity contribution is 4.81. The third-order valence-electron chi connectivity index (χ3n) is 4.39. The smallest absolute Gasteiger partial charge is 0.0163 e. The number of allylic oxidation sites excluding steroid dienone is 2. The van der Waals surface area contributed by atoms with Gasteiger partial charge in [0.05, 0.1) is 0 Å². The van der Waals surface area contributed by atoms with Crippen LogP contribution < -0.4 is 11.5 Å². The second kappa shape index (κ2) is 18.7. The highest BCUT2D eigenvalue weighted by atomic mass is 14.7. The van der Waals surface area contributed by atoms with Crippen molar-refractivity contribution in [2.75, 3.05) is 6.54 Å². The first-order valence-electron chi connectivity index (χ1n) is 9.92. The van der Waals surface area contributed by atoms with Crippen LogP contribution in [0.15, 0.2) is 12.2 Å². The van der Waals surface area contributed by atoms with Gasteiger partial charge in [-0.1, -0.05) is 83.3 Å². The molecule has 0 aromatic rings. The summed E-state index contributed by atoms with van der Waals surface area (Å²) in [6.45, 7) is 2.91. The third kappa shape index (κ3) is 17.7. The van der Waals surface area contributed by atoms with E-state index < -0.39 is 0 Å². The molecular weight excluding hydrogens is 268 g/mol. The average Bonchev–Trinajstić information content (AvgIpc) is 2.54. The lowest BCUT2D eigenvalue weighted by Gasteiger charge is -2.07. The summed E-state index contributed by atoms with van der Waals surface area (Å²) in [6.07, 6.45) is 24.9. The van der Waals surface area contributed by atoms with Crippen molar-refractivity contribution in [2.45, 2.75) is 109 Å². The summed E-state index contributed by atoms with van der Waals surface area (Å²) in [7, 11) is 0. The van der Waals surface area contributed by atoms with Crippen molar-refractivity contribution in [3.8, 4) is 0 Å². The number of hydrogen-bond donors (Lipinski definition) is 2. The molecule has 0 amide bonds. The molecule has 1 atom stereocenters. The van der Waals surface area contributed by atoms with Crippen molar-refractivity contribution >= 4 is 0 Å². The molecule has 0 heterocycles. The van der Waals surface area contributed by atoms with Crippen LogP contribution in [0, 0.1) is 0 Å².